The average Bonchev–Trinajstić information content (AvgIpc) is 3.02. The van der Waals surface area contributed by atoms with Gasteiger partial charge in [0.15, 0.2) is 0 Å². The number of amides is 3. The third kappa shape index (κ3) is 4.14. The van der Waals surface area contributed by atoms with E-state index in [1.54, 1.807) is 48.5 Å². The molecule has 0 radical (unpaired) electrons. The maximum atomic E-state index is 12.9. The molecule has 31 heavy (non-hydrogen) atoms. The highest BCUT2D eigenvalue weighted by Gasteiger charge is 2.39. The van der Waals surface area contributed by atoms with Gasteiger partial charge in [-0.1, -0.05) is 17.7 Å². The van der Waals surface area contributed by atoms with E-state index >= 15 is 0 Å². The molecule has 1 fully saturated rings. The number of rotatable bonds is 5. The first-order chi connectivity index (χ1) is 15.0. The van der Waals surface area contributed by atoms with Gasteiger partial charge >= 0.3 is 0 Å². The van der Waals surface area contributed by atoms with Crippen LogP contribution in [0.25, 0.3) is 0 Å². The number of likely N-dealkylation sites (tertiary alicyclic amines) is 1. The molecule has 160 valence electrons. The van der Waals surface area contributed by atoms with E-state index in [0.717, 1.165) is 37.3 Å². The predicted molar refractivity (Wildman–Crippen MR) is 118 cm³/mol. The third-order valence-corrected chi connectivity index (χ3v) is 5.73. The molecule has 0 saturated carbocycles. The van der Waals surface area contributed by atoms with Crippen molar-refractivity contribution < 1.29 is 19.1 Å². The fourth-order valence-electron chi connectivity index (χ4n) is 3.73. The molecule has 2 aromatic carbocycles. The Hall–Kier alpha value is -3.32. The van der Waals surface area contributed by atoms with Gasteiger partial charge in [-0.25, -0.2) is 4.90 Å². The molecule has 1 saturated heterocycles. The summed E-state index contributed by atoms with van der Waals surface area (Å²) < 4.78 is 5.11. The Morgan fingerprint density at radius 1 is 1.00 bits per heavy atom. The highest BCUT2D eigenvalue weighted by Crippen LogP contribution is 2.31. The molecule has 4 rings (SSSR count). The molecule has 2 heterocycles. The van der Waals surface area contributed by atoms with E-state index in [-0.39, 0.29) is 16.6 Å². The quantitative estimate of drug-likeness (QED) is 0.717. The highest BCUT2D eigenvalue weighted by atomic mass is 35.5. The maximum Gasteiger partial charge on any atom is 0.283 e. The van der Waals surface area contributed by atoms with Crippen LogP contribution in [0.1, 0.15) is 29.6 Å². The molecule has 2 aliphatic rings. The Kier molecular flexibility index (Phi) is 5.95. The number of piperidine rings is 1. The summed E-state index contributed by atoms with van der Waals surface area (Å²) in [5.41, 5.74) is 1.39. The number of nitrogens with zero attached hydrogens (tertiary/aromatic N) is 2. The number of hydrogen-bond donors (Lipinski definition) is 1. The normalized spacial score (nSPS) is 16.7. The van der Waals surface area contributed by atoms with Gasteiger partial charge < -0.3 is 15.0 Å². The first-order valence-corrected chi connectivity index (χ1v) is 10.5. The largest absolute Gasteiger partial charge is 0.497 e. The molecule has 0 aromatic heterocycles. The van der Waals surface area contributed by atoms with E-state index in [4.69, 9.17) is 16.3 Å². The van der Waals surface area contributed by atoms with Gasteiger partial charge in [-0.05, 0) is 61.7 Å². The monoisotopic (exact) mass is 439 g/mol. The molecule has 2 aliphatic heterocycles. The Morgan fingerprint density at radius 3 is 2.39 bits per heavy atom. The molecule has 1 N–H and O–H groups in total. The summed E-state index contributed by atoms with van der Waals surface area (Å²) in [6, 6.07) is 13.4. The minimum atomic E-state index is -0.611. The Bertz CT molecular complexity index is 1060. The van der Waals surface area contributed by atoms with Gasteiger partial charge in [-0.2, -0.15) is 0 Å². The SMILES string of the molecule is COc1ccc(N2C(=O)C(Cl)=C(Nc3cccc(C(=O)N4CCCCC4)c3)C2=O)cc1. The van der Waals surface area contributed by atoms with E-state index in [9.17, 15) is 14.4 Å². The van der Waals surface area contributed by atoms with Crippen LogP contribution in [-0.4, -0.2) is 42.8 Å². The third-order valence-electron chi connectivity index (χ3n) is 5.38. The van der Waals surface area contributed by atoms with Crippen LogP contribution in [0.5, 0.6) is 5.75 Å². The summed E-state index contributed by atoms with van der Waals surface area (Å²) >= 11 is 6.21. The minimum Gasteiger partial charge on any atom is -0.497 e. The second kappa shape index (κ2) is 8.81. The molecule has 8 heteroatoms. The number of ether oxygens (including phenoxy) is 1. The van der Waals surface area contributed by atoms with E-state index in [2.05, 4.69) is 5.32 Å². The van der Waals surface area contributed by atoms with Crippen LogP contribution in [0.15, 0.2) is 59.3 Å². The van der Waals surface area contributed by atoms with Crippen LogP contribution in [0, 0.1) is 0 Å². The second-order valence-electron chi connectivity index (χ2n) is 7.39. The van der Waals surface area contributed by atoms with Gasteiger partial charge in [0.25, 0.3) is 17.7 Å². The fourth-order valence-corrected chi connectivity index (χ4v) is 3.94. The highest BCUT2D eigenvalue weighted by molar-refractivity contribution is 6.53. The van der Waals surface area contributed by atoms with Crippen LogP contribution in [0.4, 0.5) is 11.4 Å². The van der Waals surface area contributed by atoms with E-state index in [1.807, 2.05) is 4.90 Å². The number of carbonyl (C=O) groups is 3. The van der Waals surface area contributed by atoms with E-state index in [1.165, 1.54) is 7.11 Å². The van der Waals surface area contributed by atoms with Crippen molar-refractivity contribution in [2.24, 2.45) is 0 Å². The van der Waals surface area contributed by atoms with Crippen LogP contribution >= 0.6 is 11.6 Å². The number of nitrogens with one attached hydrogen (secondary N) is 1. The summed E-state index contributed by atoms with van der Waals surface area (Å²) in [6.45, 7) is 1.49. The molecular formula is C23H22ClN3O4. The standard InChI is InChI=1S/C23H22ClN3O4/c1-31-18-10-8-17(9-11-18)27-22(29)19(24)20(23(27)30)25-16-7-5-6-15(14-16)21(28)26-12-3-2-4-13-26/h5-11,14,25H,2-4,12-13H2,1H3. The van der Waals surface area contributed by atoms with Crippen LogP contribution < -0.4 is 15.0 Å². The summed E-state index contributed by atoms with van der Waals surface area (Å²) in [4.78, 5) is 41.2. The topological polar surface area (TPSA) is 79.0 Å². The maximum absolute atomic E-state index is 12.9. The lowest BCUT2D eigenvalue weighted by molar-refractivity contribution is -0.120. The second-order valence-corrected chi connectivity index (χ2v) is 7.77. The molecule has 2 aromatic rings. The van der Waals surface area contributed by atoms with Crippen molar-refractivity contribution in [3.05, 3.63) is 64.8 Å². The zero-order valence-electron chi connectivity index (χ0n) is 17.1. The number of imide groups is 1. The summed E-state index contributed by atoms with van der Waals surface area (Å²) in [6.07, 6.45) is 3.15. The van der Waals surface area contributed by atoms with Crippen LogP contribution in [-0.2, 0) is 9.59 Å². The summed E-state index contributed by atoms with van der Waals surface area (Å²) in [5, 5.41) is 2.73. The summed E-state index contributed by atoms with van der Waals surface area (Å²) in [7, 11) is 1.53. The fraction of sp³-hybridized carbons (Fsp3) is 0.261. The van der Waals surface area contributed by atoms with Crippen molar-refractivity contribution in [2.45, 2.75) is 19.3 Å². The van der Waals surface area contributed by atoms with Gasteiger partial charge in [0.2, 0.25) is 0 Å². The Balaban J connectivity index is 1.54. The van der Waals surface area contributed by atoms with E-state index < -0.39 is 11.8 Å². The average molecular weight is 440 g/mol. The number of halogens is 1. The smallest absolute Gasteiger partial charge is 0.283 e. The first kappa shape index (κ1) is 20.9. The lowest BCUT2D eigenvalue weighted by Gasteiger charge is -2.26. The number of benzene rings is 2. The van der Waals surface area contributed by atoms with Crippen molar-refractivity contribution in [1.82, 2.24) is 4.90 Å². The summed E-state index contributed by atoms with van der Waals surface area (Å²) in [5.74, 6) is -0.611. The molecule has 0 aliphatic carbocycles. The number of anilines is 2. The van der Waals surface area contributed by atoms with Crippen molar-refractivity contribution in [3.63, 3.8) is 0 Å². The first-order valence-electron chi connectivity index (χ1n) is 10.1. The van der Waals surface area contributed by atoms with Gasteiger partial charge in [-0.3, -0.25) is 14.4 Å². The van der Waals surface area contributed by atoms with Crippen molar-refractivity contribution in [2.75, 3.05) is 30.4 Å². The van der Waals surface area contributed by atoms with Gasteiger partial charge in [0, 0.05) is 24.3 Å². The Labute approximate surface area is 185 Å². The molecule has 0 unspecified atom stereocenters. The molecule has 3 amide bonds. The zero-order chi connectivity index (χ0) is 22.0. The molecule has 0 atom stereocenters. The number of methoxy groups -OCH3 is 1. The minimum absolute atomic E-state index is 0.0231. The van der Waals surface area contributed by atoms with Gasteiger partial charge in [0.1, 0.15) is 16.5 Å². The van der Waals surface area contributed by atoms with E-state index in [0.29, 0.717) is 22.7 Å². The lowest BCUT2D eigenvalue weighted by atomic mass is 10.1. The van der Waals surface area contributed by atoms with Crippen molar-refractivity contribution in [3.8, 4) is 5.75 Å². The predicted octanol–water partition coefficient (Wildman–Crippen LogP) is 3.76. The molecule has 0 spiro atoms. The van der Waals surface area contributed by atoms with Crippen molar-refractivity contribution in [1.29, 1.82) is 0 Å². The lowest BCUT2D eigenvalue weighted by Crippen LogP contribution is -2.35. The number of hydrogen-bond acceptors (Lipinski definition) is 5. The number of carbonyl (C=O) groups excluding carboxylic acids is 3. The van der Waals surface area contributed by atoms with Crippen LogP contribution in [0.3, 0.4) is 0 Å². The zero-order valence-corrected chi connectivity index (χ0v) is 17.8. The van der Waals surface area contributed by atoms with Crippen molar-refractivity contribution >= 4 is 40.7 Å². The molecule has 7 nitrogen and oxygen atoms in total. The Morgan fingerprint density at radius 2 is 1.71 bits per heavy atom. The van der Waals surface area contributed by atoms with Gasteiger partial charge in [-0.15, -0.1) is 0 Å². The van der Waals surface area contributed by atoms with Crippen LogP contribution in [0.2, 0.25) is 0 Å². The van der Waals surface area contributed by atoms with Gasteiger partial charge in [0.05, 0.1) is 12.8 Å². The molecule has 0 bridgehead atoms. The molecular weight excluding hydrogens is 418 g/mol.